The van der Waals surface area contributed by atoms with Crippen molar-refractivity contribution < 1.29 is 14.3 Å². The largest absolute Gasteiger partial charge is 0.497 e. The Morgan fingerprint density at radius 1 is 1.38 bits per heavy atom. The third-order valence-corrected chi connectivity index (χ3v) is 4.35. The molecule has 6 nitrogen and oxygen atoms in total. The van der Waals surface area contributed by atoms with Crippen LogP contribution in [-0.4, -0.2) is 29.5 Å². The fourth-order valence-corrected chi connectivity index (χ4v) is 3.17. The summed E-state index contributed by atoms with van der Waals surface area (Å²) in [5.41, 5.74) is 1.17. The first-order chi connectivity index (χ1) is 11.6. The third kappa shape index (κ3) is 3.22. The van der Waals surface area contributed by atoms with Gasteiger partial charge in [0.05, 0.1) is 25.6 Å². The molecule has 0 unspecified atom stereocenters. The van der Waals surface area contributed by atoms with Gasteiger partial charge in [-0.05, 0) is 18.2 Å². The molecule has 24 heavy (non-hydrogen) atoms. The van der Waals surface area contributed by atoms with Crippen LogP contribution in [0.3, 0.4) is 0 Å². The first-order valence-electron chi connectivity index (χ1n) is 6.94. The second-order valence-corrected chi connectivity index (χ2v) is 5.96. The molecular formula is C16H14ClN3O3S. The minimum absolute atomic E-state index is 0.317. The van der Waals surface area contributed by atoms with Gasteiger partial charge in [-0.3, -0.25) is 9.20 Å². The zero-order valence-electron chi connectivity index (χ0n) is 12.9. The van der Waals surface area contributed by atoms with Crippen LogP contribution in [0.5, 0.6) is 11.5 Å². The quantitative estimate of drug-likeness (QED) is 0.702. The zero-order chi connectivity index (χ0) is 17.1. The Labute approximate surface area is 147 Å². The van der Waals surface area contributed by atoms with E-state index in [4.69, 9.17) is 21.1 Å². The Kier molecular flexibility index (Phi) is 4.73. The lowest BCUT2D eigenvalue weighted by atomic mass is 10.2. The van der Waals surface area contributed by atoms with E-state index in [0.29, 0.717) is 28.0 Å². The first kappa shape index (κ1) is 16.4. The van der Waals surface area contributed by atoms with E-state index in [-0.39, 0.29) is 5.91 Å². The van der Waals surface area contributed by atoms with Crippen molar-refractivity contribution in [3.63, 3.8) is 0 Å². The number of methoxy groups -OCH3 is 2. The number of carbonyl (C=O) groups is 1. The minimum Gasteiger partial charge on any atom is -0.497 e. The summed E-state index contributed by atoms with van der Waals surface area (Å²) in [6.07, 6.45) is 4.87. The molecule has 124 valence electrons. The van der Waals surface area contributed by atoms with E-state index in [9.17, 15) is 4.79 Å². The van der Waals surface area contributed by atoms with Gasteiger partial charge in [0.25, 0.3) is 0 Å². The number of imidazole rings is 1. The van der Waals surface area contributed by atoms with Crippen LogP contribution >= 0.6 is 22.9 Å². The van der Waals surface area contributed by atoms with Crippen molar-refractivity contribution >= 4 is 45.6 Å². The van der Waals surface area contributed by atoms with Crippen LogP contribution in [0.2, 0.25) is 5.15 Å². The van der Waals surface area contributed by atoms with Crippen LogP contribution in [0.15, 0.2) is 35.9 Å². The number of thiazole rings is 1. The summed E-state index contributed by atoms with van der Waals surface area (Å²) in [4.78, 5) is 17.2. The average Bonchev–Trinajstić information content (AvgIpc) is 3.13. The summed E-state index contributed by atoms with van der Waals surface area (Å²) in [6, 6.07) is 5.16. The number of hydrogen-bond acceptors (Lipinski definition) is 5. The highest BCUT2D eigenvalue weighted by atomic mass is 35.5. The van der Waals surface area contributed by atoms with Gasteiger partial charge in [0.1, 0.15) is 11.5 Å². The Hall–Kier alpha value is -2.51. The van der Waals surface area contributed by atoms with E-state index < -0.39 is 0 Å². The van der Waals surface area contributed by atoms with Crippen LogP contribution in [0.25, 0.3) is 11.0 Å². The van der Waals surface area contributed by atoms with Gasteiger partial charge in [-0.1, -0.05) is 11.6 Å². The summed E-state index contributed by atoms with van der Waals surface area (Å²) in [6.45, 7) is 0. The van der Waals surface area contributed by atoms with Gasteiger partial charge in [-0.15, -0.1) is 11.3 Å². The van der Waals surface area contributed by atoms with Crippen LogP contribution in [0.1, 0.15) is 5.69 Å². The maximum atomic E-state index is 12.2. The Morgan fingerprint density at radius 3 is 2.96 bits per heavy atom. The molecule has 0 spiro atoms. The number of nitrogens with zero attached hydrogens (tertiary/aromatic N) is 2. The van der Waals surface area contributed by atoms with Crippen molar-refractivity contribution in [1.82, 2.24) is 9.38 Å². The van der Waals surface area contributed by atoms with Crippen molar-refractivity contribution in [3.05, 3.63) is 46.7 Å². The van der Waals surface area contributed by atoms with E-state index >= 15 is 0 Å². The molecule has 0 fully saturated rings. The van der Waals surface area contributed by atoms with Gasteiger partial charge in [-0.2, -0.15) is 0 Å². The molecule has 8 heteroatoms. The predicted octanol–water partition coefficient (Wildman–Crippen LogP) is 3.72. The topological polar surface area (TPSA) is 64.9 Å². The second-order valence-electron chi connectivity index (χ2n) is 4.73. The molecule has 2 heterocycles. The van der Waals surface area contributed by atoms with E-state index in [1.54, 1.807) is 31.4 Å². The van der Waals surface area contributed by atoms with E-state index in [0.717, 1.165) is 4.96 Å². The third-order valence-electron chi connectivity index (χ3n) is 3.31. The van der Waals surface area contributed by atoms with Gasteiger partial charge in [-0.25, -0.2) is 4.98 Å². The molecule has 1 N–H and O–H groups in total. The highest BCUT2D eigenvalue weighted by Crippen LogP contribution is 2.29. The van der Waals surface area contributed by atoms with E-state index in [1.165, 1.54) is 24.5 Å². The van der Waals surface area contributed by atoms with Gasteiger partial charge >= 0.3 is 0 Å². The van der Waals surface area contributed by atoms with Gasteiger partial charge in [0.15, 0.2) is 10.1 Å². The summed E-state index contributed by atoms with van der Waals surface area (Å²) >= 11 is 7.57. The number of hydrogen-bond donors (Lipinski definition) is 1. The van der Waals surface area contributed by atoms with Gasteiger partial charge in [0.2, 0.25) is 5.91 Å². The molecule has 0 aliphatic rings. The molecule has 3 rings (SSSR count). The summed E-state index contributed by atoms with van der Waals surface area (Å²) < 4.78 is 12.2. The molecule has 0 aliphatic heterocycles. The summed E-state index contributed by atoms with van der Waals surface area (Å²) in [5.74, 6) is 0.844. The highest BCUT2D eigenvalue weighted by Gasteiger charge is 2.10. The molecule has 2 aromatic heterocycles. The average molecular weight is 364 g/mol. The number of aromatic nitrogens is 2. The SMILES string of the molecule is COc1ccc(OC)c(NC(=O)/C=C/c2c(Cl)nc3sccn23)c1. The lowest BCUT2D eigenvalue weighted by molar-refractivity contribution is -0.111. The van der Waals surface area contributed by atoms with E-state index in [2.05, 4.69) is 10.3 Å². The first-order valence-corrected chi connectivity index (χ1v) is 8.20. The number of benzene rings is 1. The molecule has 0 radical (unpaired) electrons. The number of halogens is 1. The molecule has 1 amide bonds. The molecular weight excluding hydrogens is 350 g/mol. The maximum Gasteiger partial charge on any atom is 0.248 e. The number of amides is 1. The van der Waals surface area contributed by atoms with E-state index in [1.807, 2.05) is 16.0 Å². The zero-order valence-corrected chi connectivity index (χ0v) is 14.5. The normalized spacial score (nSPS) is 11.1. The highest BCUT2D eigenvalue weighted by molar-refractivity contribution is 7.15. The molecule has 0 saturated heterocycles. The molecule has 0 atom stereocenters. The Morgan fingerprint density at radius 2 is 2.21 bits per heavy atom. The van der Waals surface area contributed by atoms with Crippen LogP contribution < -0.4 is 14.8 Å². The monoisotopic (exact) mass is 363 g/mol. The lowest BCUT2D eigenvalue weighted by Crippen LogP contribution is -2.09. The molecule has 1 aromatic carbocycles. The Balaban J connectivity index is 1.81. The molecule has 0 aliphatic carbocycles. The van der Waals surface area contributed by atoms with Crippen molar-refractivity contribution in [2.24, 2.45) is 0 Å². The van der Waals surface area contributed by atoms with Crippen LogP contribution in [-0.2, 0) is 4.79 Å². The van der Waals surface area contributed by atoms with Gasteiger partial charge < -0.3 is 14.8 Å². The number of ether oxygens (including phenoxy) is 2. The van der Waals surface area contributed by atoms with Crippen molar-refractivity contribution in [2.45, 2.75) is 0 Å². The smallest absolute Gasteiger partial charge is 0.248 e. The number of fused-ring (bicyclic) bond motifs is 1. The number of anilines is 1. The molecule has 0 saturated carbocycles. The molecule has 3 aromatic rings. The lowest BCUT2D eigenvalue weighted by Gasteiger charge is -2.10. The van der Waals surface area contributed by atoms with Gasteiger partial charge in [0, 0.05) is 23.7 Å². The Bertz CT molecular complexity index is 917. The molecule has 0 bridgehead atoms. The van der Waals surface area contributed by atoms with Crippen molar-refractivity contribution in [1.29, 1.82) is 0 Å². The summed E-state index contributed by atoms with van der Waals surface area (Å²) in [5, 5.41) is 5.01. The summed E-state index contributed by atoms with van der Waals surface area (Å²) in [7, 11) is 3.09. The fourth-order valence-electron chi connectivity index (χ4n) is 2.17. The predicted molar refractivity (Wildman–Crippen MR) is 95.3 cm³/mol. The van der Waals surface area contributed by atoms with Crippen molar-refractivity contribution in [3.8, 4) is 11.5 Å². The van der Waals surface area contributed by atoms with Crippen LogP contribution in [0, 0.1) is 0 Å². The second kappa shape index (κ2) is 6.94. The minimum atomic E-state index is -0.317. The number of nitrogens with one attached hydrogen (secondary N) is 1. The number of rotatable bonds is 5. The standard InChI is InChI=1S/C16H14ClN3O3S/c1-22-10-3-5-13(23-2)11(9-10)18-14(21)6-4-12-15(17)19-16-20(12)7-8-24-16/h3-9H,1-2H3,(H,18,21)/b6-4+. The van der Waals surface area contributed by atoms with Crippen molar-refractivity contribution in [2.75, 3.05) is 19.5 Å². The van der Waals surface area contributed by atoms with Crippen LogP contribution in [0.4, 0.5) is 5.69 Å². The number of carbonyl (C=O) groups excluding carboxylic acids is 1. The maximum absolute atomic E-state index is 12.2. The fraction of sp³-hybridized carbons (Fsp3) is 0.125.